The standard InChI is InChI=1S/C12H14/c1-3-11(2)9-10-12-7-5-4-6-8-12/h4-8H,1,9-10H2,2H3. The minimum absolute atomic E-state index is 1.06. The van der Waals surface area contributed by atoms with Crippen molar-refractivity contribution >= 4 is 0 Å². The highest BCUT2D eigenvalue weighted by molar-refractivity contribution is 5.16. The normalized spacial score (nSPS) is 9.08. The Kier molecular flexibility index (Phi) is 3.37. The van der Waals surface area contributed by atoms with Gasteiger partial charge < -0.3 is 0 Å². The summed E-state index contributed by atoms with van der Waals surface area (Å²) in [6, 6.07) is 10.5. The highest BCUT2D eigenvalue weighted by Crippen LogP contribution is 2.06. The molecule has 0 unspecified atom stereocenters. The van der Waals surface area contributed by atoms with Crippen molar-refractivity contribution in [3.63, 3.8) is 0 Å². The molecule has 0 spiro atoms. The predicted molar refractivity (Wildman–Crippen MR) is 53.1 cm³/mol. The molecule has 0 aliphatic heterocycles. The molecule has 0 heterocycles. The summed E-state index contributed by atoms with van der Waals surface area (Å²) in [5.74, 6) is 0. The van der Waals surface area contributed by atoms with Crippen LogP contribution in [0.15, 0.2) is 48.2 Å². The van der Waals surface area contributed by atoms with Crippen LogP contribution in [0.3, 0.4) is 0 Å². The lowest BCUT2D eigenvalue weighted by molar-refractivity contribution is 0.944. The van der Waals surface area contributed by atoms with E-state index in [1.54, 1.807) is 0 Å². The maximum atomic E-state index is 3.61. The molecule has 0 saturated heterocycles. The van der Waals surface area contributed by atoms with Crippen molar-refractivity contribution in [3.8, 4) is 0 Å². The lowest BCUT2D eigenvalue weighted by Crippen LogP contribution is -1.84. The van der Waals surface area contributed by atoms with Gasteiger partial charge in [0.2, 0.25) is 0 Å². The molecule has 0 heteroatoms. The van der Waals surface area contributed by atoms with E-state index in [2.05, 4.69) is 43.5 Å². The van der Waals surface area contributed by atoms with E-state index in [0.29, 0.717) is 0 Å². The Balaban J connectivity index is 2.49. The van der Waals surface area contributed by atoms with Gasteiger partial charge in [-0.2, -0.15) is 0 Å². The number of benzene rings is 1. The van der Waals surface area contributed by atoms with Crippen molar-refractivity contribution in [3.05, 3.63) is 53.8 Å². The summed E-state index contributed by atoms with van der Waals surface area (Å²) in [5, 5.41) is 0. The van der Waals surface area contributed by atoms with Crippen LogP contribution in [0.25, 0.3) is 0 Å². The van der Waals surface area contributed by atoms with Crippen LogP contribution in [0.1, 0.15) is 18.9 Å². The van der Waals surface area contributed by atoms with Gasteiger partial charge in [-0.25, -0.2) is 0 Å². The Morgan fingerprint density at radius 3 is 2.58 bits per heavy atom. The summed E-state index contributed by atoms with van der Waals surface area (Å²) in [6.07, 6.45) is 2.16. The van der Waals surface area contributed by atoms with E-state index >= 15 is 0 Å². The first-order chi connectivity index (χ1) is 5.83. The molecule has 0 aliphatic carbocycles. The van der Waals surface area contributed by atoms with E-state index in [1.165, 1.54) is 11.1 Å². The zero-order chi connectivity index (χ0) is 8.81. The van der Waals surface area contributed by atoms with Crippen LogP contribution in [0, 0.1) is 0 Å². The first-order valence-electron chi connectivity index (χ1n) is 4.22. The summed E-state index contributed by atoms with van der Waals surface area (Å²) >= 11 is 0. The third kappa shape index (κ3) is 2.77. The quantitative estimate of drug-likeness (QED) is 0.592. The number of hydrogen-bond acceptors (Lipinski definition) is 0. The fourth-order valence-corrected chi connectivity index (χ4v) is 1.06. The van der Waals surface area contributed by atoms with Crippen molar-refractivity contribution in [1.29, 1.82) is 0 Å². The van der Waals surface area contributed by atoms with Crippen LogP contribution in [-0.2, 0) is 6.42 Å². The molecular weight excluding hydrogens is 144 g/mol. The first-order valence-corrected chi connectivity index (χ1v) is 4.22. The average Bonchev–Trinajstić information content (AvgIpc) is 2.16. The van der Waals surface area contributed by atoms with Crippen molar-refractivity contribution in [2.75, 3.05) is 0 Å². The third-order valence-corrected chi connectivity index (χ3v) is 1.93. The maximum absolute atomic E-state index is 3.61. The molecule has 0 bridgehead atoms. The SMILES string of the molecule is C=C=C(C)CCc1ccccc1. The van der Waals surface area contributed by atoms with E-state index in [0.717, 1.165) is 12.8 Å². The van der Waals surface area contributed by atoms with Crippen LogP contribution < -0.4 is 0 Å². The summed E-state index contributed by atoms with van der Waals surface area (Å²) in [6.45, 7) is 5.68. The molecule has 0 nitrogen and oxygen atoms in total. The Labute approximate surface area is 74.2 Å². The Bertz CT molecular complexity index is 276. The van der Waals surface area contributed by atoms with E-state index in [1.807, 2.05) is 6.07 Å². The molecule has 1 aromatic carbocycles. The van der Waals surface area contributed by atoms with Crippen LogP contribution in [0.4, 0.5) is 0 Å². The third-order valence-electron chi connectivity index (χ3n) is 1.93. The number of hydrogen-bond donors (Lipinski definition) is 0. The van der Waals surface area contributed by atoms with Crippen LogP contribution in [-0.4, -0.2) is 0 Å². The van der Waals surface area contributed by atoms with Crippen LogP contribution >= 0.6 is 0 Å². The predicted octanol–water partition coefficient (Wildman–Crippen LogP) is 3.35. The summed E-state index contributed by atoms with van der Waals surface area (Å²) in [7, 11) is 0. The topological polar surface area (TPSA) is 0 Å². The highest BCUT2D eigenvalue weighted by atomic mass is 14.0. The first kappa shape index (κ1) is 8.83. The van der Waals surface area contributed by atoms with Gasteiger partial charge in [-0.15, -0.1) is 5.73 Å². The zero-order valence-electron chi connectivity index (χ0n) is 7.51. The molecule has 0 N–H and O–H groups in total. The highest BCUT2D eigenvalue weighted by Gasteiger charge is 1.91. The Morgan fingerprint density at radius 1 is 1.33 bits per heavy atom. The van der Waals surface area contributed by atoms with E-state index < -0.39 is 0 Å². The number of allylic oxidation sites excluding steroid dienone is 1. The molecule has 1 rings (SSSR count). The van der Waals surface area contributed by atoms with Gasteiger partial charge in [0.1, 0.15) is 0 Å². The van der Waals surface area contributed by atoms with E-state index in [4.69, 9.17) is 0 Å². The van der Waals surface area contributed by atoms with Crippen molar-refractivity contribution < 1.29 is 0 Å². The van der Waals surface area contributed by atoms with Gasteiger partial charge >= 0.3 is 0 Å². The Hall–Kier alpha value is -1.26. The van der Waals surface area contributed by atoms with E-state index in [9.17, 15) is 0 Å². The van der Waals surface area contributed by atoms with Gasteiger partial charge in [-0.3, -0.25) is 0 Å². The largest absolute Gasteiger partial charge is 0.130 e. The zero-order valence-corrected chi connectivity index (χ0v) is 7.51. The minimum atomic E-state index is 1.06. The van der Waals surface area contributed by atoms with Gasteiger partial charge in [-0.05, 0) is 30.9 Å². The van der Waals surface area contributed by atoms with E-state index in [-0.39, 0.29) is 0 Å². The maximum Gasteiger partial charge on any atom is -0.0206 e. The number of aryl methyl sites for hydroxylation is 1. The molecular formula is C12H14. The lowest BCUT2D eigenvalue weighted by atomic mass is 10.1. The van der Waals surface area contributed by atoms with Gasteiger partial charge in [0.15, 0.2) is 0 Å². The summed E-state index contributed by atoms with van der Waals surface area (Å²) < 4.78 is 0. The number of rotatable bonds is 3. The molecule has 0 aliphatic rings. The fourth-order valence-electron chi connectivity index (χ4n) is 1.06. The van der Waals surface area contributed by atoms with Gasteiger partial charge in [0.25, 0.3) is 0 Å². The van der Waals surface area contributed by atoms with Crippen LogP contribution in [0.5, 0.6) is 0 Å². The lowest BCUT2D eigenvalue weighted by Gasteiger charge is -1.98. The monoisotopic (exact) mass is 158 g/mol. The second-order valence-electron chi connectivity index (χ2n) is 2.94. The minimum Gasteiger partial charge on any atom is -0.130 e. The summed E-state index contributed by atoms with van der Waals surface area (Å²) in [5.41, 5.74) is 5.52. The molecule has 0 fully saturated rings. The van der Waals surface area contributed by atoms with Crippen molar-refractivity contribution in [2.24, 2.45) is 0 Å². The molecule has 0 atom stereocenters. The molecule has 0 saturated carbocycles. The molecule has 0 radical (unpaired) electrons. The average molecular weight is 158 g/mol. The fraction of sp³-hybridized carbons (Fsp3) is 0.250. The summed E-state index contributed by atoms with van der Waals surface area (Å²) in [4.78, 5) is 0. The van der Waals surface area contributed by atoms with Crippen molar-refractivity contribution in [2.45, 2.75) is 19.8 Å². The van der Waals surface area contributed by atoms with Crippen LogP contribution in [0.2, 0.25) is 0 Å². The smallest absolute Gasteiger partial charge is 0.0206 e. The molecule has 0 amide bonds. The Morgan fingerprint density at radius 2 is 2.00 bits per heavy atom. The van der Waals surface area contributed by atoms with Gasteiger partial charge in [0.05, 0.1) is 0 Å². The molecule has 0 aromatic heterocycles. The second-order valence-corrected chi connectivity index (χ2v) is 2.94. The van der Waals surface area contributed by atoms with Crippen molar-refractivity contribution in [1.82, 2.24) is 0 Å². The molecule has 1 aromatic rings. The molecule has 62 valence electrons. The second kappa shape index (κ2) is 4.58. The van der Waals surface area contributed by atoms with Gasteiger partial charge in [-0.1, -0.05) is 36.9 Å². The molecule has 12 heavy (non-hydrogen) atoms. The van der Waals surface area contributed by atoms with Gasteiger partial charge in [0, 0.05) is 0 Å².